The highest BCUT2D eigenvalue weighted by molar-refractivity contribution is 5.82. The Morgan fingerprint density at radius 1 is 1.57 bits per heavy atom. The second-order valence-corrected chi connectivity index (χ2v) is 2.96. The Labute approximate surface area is 83.0 Å². The number of benzene rings is 1. The van der Waals surface area contributed by atoms with E-state index >= 15 is 0 Å². The standard InChI is InChI=1S/C10H13N3O/c1-8(14)13(2)12-7-9-4-3-5-10(11)6-9/h3-7H,11H2,1-2H3/b12-7+. The number of hydrogen-bond donors (Lipinski definition) is 1. The van der Waals surface area contributed by atoms with Crippen LogP contribution in [0.1, 0.15) is 12.5 Å². The smallest absolute Gasteiger partial charge is 0.239 e. The molecule has 0 aliphatic rings. The summed E-state index contributed by atoms with van der Waals surface area (Å²) < 4.78 is 0. The minimum Gasteiger partial charge on any atom is -0.399 e. The molecule has 0 heterocycles. The first-order chi connectivity index (χ1) is 6.59. The molecular weight excluding hydrogens is 178 g/mol. The van der Waals surface area contributed by atoms with Gasteiger partial charge in [0.2, 0.25) is 5.91 Å². The van der Waals surface area contributed by atoms with Crippen molar-refractivity contribution in [1.82, 2.24) is 5.01 Å². The van der Waals surface area contributed by atoms with Crippen molar-refractivity contribution in [3.8, 4) is 0 Å². The molecule has 0 aliphatic carbocycles. The molecule has 1 aromatic carbocycles. The van der Waals surface area contributed by atoms with Gasteiger partial charge in [-0.2, -0.15) is 5.10 Å². The summed E-state index contributed by atoms with van der Waals surface area (Å²) >= 11 is 0. The number of amides is 1. The van der Waals surface area contributed by atoms with Gasteiger partial charge >= 0.3 is 0 Å². The largest absolute Gasteiger partial charge is 0.399 e. The second-order valence-electron chi connectivity index (χ2n) is 2.96. The van der Waals surface area contributed by atoms with Gasteiger partial charge < -0.3 is 5.73 Å². The summed E-state index contributed by atoms with van der Waals surface area (Å²) in [6.45, 7) is 1.46. The van der Waals surface area contributed by atoms with Crippen LogP contribution in [0.15, 0.2) is 29.4 Å². The topological polar surface area (TPSA) is 58.7 Å². The van der Waals surface area contributed by atoms with Gasteiger partial charge in [0.25, 0.3) is 0 Å². The van der Waals surface area contributed by atoms with E-state index in [1.165, 1.54) is 11.9 Å². The minimum absolute atomic E-state index is 0.106. The first-order valence-electron chi connectivity index (χ1n) is 4.23. The van der Waals surface area contributed by atoms with Crippen molar-refractivity contribution in [2.45, 2.75) is 6.92 Å². The quantitative estimate of drug-likeness (QED) is 0.432. The lowest BCUT2D eigenvalue weighted by Gasteiger charge is -2.05. The molecule has 0 saturated carbocycles. The van der Waals surface area contributed by atoms with Gasteiger partial charge in [-0.1, -0.05) is 12.1 Å². The van der Waals surface area contributed by atoms with Crippen molar-refractivity contribution < 1.29 is 4.79 Å². The number of nitrogens with two attached hydrogens (primary N) is 1. The Morgan fingerprint density at radius 2 is 2.29 bits per heavy atom. The molecule has 1 aromatic rings. The highest BCUT2D eigenvalue weighted by Crippen LogP contribution is 2.03. The molecule has 0 unspecified atom stereocenters. The van der Waals surface area contributed by atoms with Crippen LogP contribution in [0.5, 0.6) is 0 Å². The number of carbonyl (C=O) groups excluding carboxylic acids is 1. The van der Waals surface area contributed by atoms with Crippen LogP contribution >= 0.6 is 0 Å². The number of hydrogen-bond acceptors (Lipinski definition) is 3. The van der Waals surface area contributed by atoms with Gasteiger partial charge in [-0.3, -0.25) is 4.79 Å². The first kappa shape index (κ1) is 10.2. The molecule has 0 saturated heterocycles. The highest BCUT2D eigenvalue weighted by atomic mass is 16.2. The zero-order chi connectivity index (χ0) is 10.6. The van der Waals surface area contributed by atoms with Crippen LogP contribution in [0.4, 0.5) is 5.69 Å². The fraction of sp³-hybridized carbons (Fsp3) is 0.200. The van der Waals surface area contributed by atoms with Gasteiger partial charge in [0.15, 0.2) is 0 Å². The summed E-state index contributed by atoms with van der Waals surface area (Å²) in [6.07, 6.45) is 1.60. The average molecular weight is 191 g/mol. The predicted octanol–water partition coefficient (Wildman–Crippen LogP) is 1.08. The van der Waals surface area contributed by atoms with E-state index in [1.807, 2.05) is 12.1 Å². The Hall–Kier alpha value is -1.84. The van der Waals surface area contributed by atoms with Crippen LogP contribution in [-0.2, 0) is 4.79 Å². The third-order valence-corrected chi connectivity index (χ3v) is 1.75. The zero-order valence-corrected chi connectivity index (χ0v) is 8.27. The van der Waals surface area contributed by atoms with Crippen LogP contribution < -0.4 is 5.73 Å². The number of hydrazone groups is 1. The molecule has 2 N–H and O–H groups in total. The number of anilines is 1. The number of rotatable bonds is 2. The molecule has 0 bridgehead atoms. The van der Waals surface area contributed by atoms with Crippen molar-refractivity contribution >= 4 is 17.8 Å². The van der Waals surface area contributed by atoms with Crippen LogP contribution in [0, 0.1) is 0 Å². The Kier molecular flexibility index (Phi) is 3.23. The molecule has 0 spiro atoms. The first-order valence-corrected chi connectivity index (χ1v) is 4.23. The fourth-order valence-corrected chi connectivity index (χ4v) is 0.874. The van der Waals surface area contributed by atoms with Crippen molar-refractivity contribution in [1.29, 1.82) is 0 Å². The van der Waals surface area contributed by atoms with Gasteiger partial charge in [0.1, 0.15) is 0 Å². The maximum atomic E-state index is 10.8. The van der Waals surface area contributed by atoms with Crippen molar-refractivity contribution in [2.75, 3.05) is 12.8 Å². The lowest BCUT2D eigenvalue weighted by Crippen LogP contribution is -2.17. The summed E-state index contributed by atoms with van der Waals surface area (Å²) in [6, 6.07) is 7.29. The SMILES string of the molecule is CC(=O)N(C)/N=C/c1cccc(N)c1. The van der Waals surface area contributed by atoms with E-state index in [0.29, 0.717) is 5.69 Å². The minimum atomic E-state index is -0.106. The van der Waals surface area contributed by atoms with Gasteiger partial charge in [-0.15, -0.1) is 0 Å². The fourth-order valence-electron chi connectivity index (χ4n) is 0.874. The summed E-state index contributed by atoms with van der Waals surface area (Å²) in [7, 11) is 1.60. The molecular formula is C10H13N3O. The van der Waals surface area contributed by atoms with Crippen LogP contribution in [-0.4, -0.2) is 24.2 Å². The maximum absolute atomic E-state index is 10.8. The predicted molar refractivity (Wildman–Crippen MR) is 56.9 cm³/mol. The van der Waals surface area contributed by atoms with Crippen LogP contribution in [0.25, 0.3) is 0 Å². The Bertz CT molecular complexity index is 360. The average Bonchev–Trinajstić information content (AvgIpc) is 2.14. The van der Waals surface area contributed by atoms with Crippen molar-refractivity contribution in [3.63, 3.8) is 0 Å². The van der Waals surface area contributed by atoms with Gasteiger partial charge in [0, 0.05) is 19.7 Å². The summed E-state index contributed by atoms with van der Waals surface area (Å²) in [5, 5.41) is 5.21. The molecule has 4 heteroatoms. The zero-order valence-electron chi connectivity index (χ0n) is 8.27. The van der Waals surface area contributed by atoms with Gasteiger partial charge in [-0.05, 0) is 17.7 Å². The van der Waals surface area contributed by atoms with E-state index < -0.39 is 0 Å². The molecule has 0 aromatic heterocycles. The molecule has 0 aliphatic heterocycles. The van der Waals surface area contributed by atoms with Crippen molar-refractivity contribution in [3.05, 3.63) is 29.8 Å². The monoisotopic (exact) mass is 191 g/mol. The summed E-state index contributed by atoms with van der Waals surface area (Å²) in [5.41, 5.74) is 7.14. The number of nitrogen functional groups attached to an aromatic ring is 1. The van der Waals surface area contributed by atoms with E-state index in [1.54, 1.807) is 25.4 Å². The third kappa shape index (κ3) is 2.90. The van der Waals surface area contributed by atoms with Crippen molar-refractivity contribution in [2.24, 2.45) is 5.10 Å². The molecule has 0 fully saturated rings. The van der Waals surface area contributed by atoms with Crippen LogP contribution in [0.2, 0.25) is 0 Å². The van der Waals surface area contributed by atoms with E-state index in [2.05, 4.69) is 5.10 Å². The molecule has 1 amide bonds. The number of nitrogens with zero attached hydrogens (tertiary/aromatic N) is 2. The van der Waals surface area contributed by atoms with Gasteiger partial charge in [0.05, 0.1) is 6.21 Å². The third-order valence-electron chi connectivity index (χ3n) is 1.75. The van der Waals surface area contributed by atoms with E-state index in [9.17, 15) is 4.79 Å². The molecule has 74 valence electrons. The summed E-state index contributed by atoms with van der Waals surface area (Å²) in [4.78, 5) is 10.8. The molecule has 0 radical (unpaired) electrons. The summed E-state index contributed by atoms with van der Waals surface area (Å²) in [5.74, 6) is -0.106. The van der Waals surface area contributed by atoms with Gasteiger partial charge in [-0.25, -0.2) is 5.01 Å². The number of carbonyl (C=O) groups is 1. The normalized spacial score (nSPS) is 10.4. The van der Waals surface area contributed by atoms with Crippen LogP contribution in [0.3, 0.4) is 0 Å². The maximum Gasteiger partial charge on any atom is 0.239 e. The second kappa shape index (κ2) is 4.41. The molecule has 0 atom stereocenters. The lowest BCUT2D eigenvalue weighted by molar-refractivity contribution is -0.127. The van der Waals surface area contributed by atoms with E-state index in [0.717, 1.165) is 5.56 Å². The Balaban J connectivity index is 2.73. The van der Waals surface area contributed by atoms with E-state index in [4.69, 9.17) is 5.73 Å². The van der Waals surface area contributed by atoms with E-state index in [-0.39, 0.29) is 5.91 Å². The molecule has 4 nitrogen and oxygen atoms in total. The Morgan fingerprint density at radius 3 is 2.86 bits per heavy atom. The highest BCUT2D eigenvalue weighted by Gasteiger charge is 1.96. The molecule has 1 rings (SSSR count). The lowest BCUT2D eigenvalue weighted by atomic mass is 10.2. The molecule has 14 heavy (non-hydrogen) atoms.